The Hall–Kier alpha value is -1.84. The van der Waals surface area contributed by atoms with Crippen LogP contribution in [0.5, 0.6) is 0 Å². The predicted molar refractivity (Wildman–Crippen MR) is 69.2 cm³/mol. The second-order valence-electron chi connectivity index (χ2n) is 4.37. The molecular formula is C13H18N4. The number of hydrogen-bond acceptors (Lipinski definition) is 3. The van der Waals surface area contributed by atoms with Gasteiger partial charge in [-0.05, 0) is 17.7 Å². The molecule has 0 aliphatic carbocycles. The fraction of sp³-hybridized carbons (Fsp3) is 0.385. The first-order valence-electron chi connectivity index (χ1n) is 5.84. The van der Waals surface area contributed by atoms with Crippen molar-refractivity contribution < 1.29 is 0 Å². The van der Waals surface area contributed by atoms with Crippen molar-refractivity contribution in [1.29, 1.82) is 0 Å². The van der Waals surface area contributed by atoms with E-state index in [-0.39, 0.29) is 0 Å². The van der Waals surface area contributed by atoms with E-state index in [1.54, 1.807) is 0 Å². The molecule has 0 radical (unpaired) electrons. The lowest BCUT2D eigenvalue weighted by Crippen LogP contribution is -2.06. The lowest BCUT2D eigenvalue weighted by molar-refractivity contribution is 0.669. The standard InChI is InChI=1S/C13H18N4/c1-10(2)13-16-6-7-17(13)9-11-4-5-15-12(8-11)14-3/h4-8,10H,9H2,1-3H3,(H,14,15). The Morgan fingerprint density at radius 2 is 2.12 bits per heavy atom. The van der Waals surface area contributed by atoms with E-state index in [0.717, 1.165) is 18.2 Å². The molecule has 2 rings (SSSR count). The maximum absolute atomic E-state index is 4.39. The van der Waals surface area contributed by atoms with Crippen molar-refractivity contribution in [2.45, 2.75) is 26.3 Å². The minimum absolute atomic E-state index is 0.440. The Morgan fingerprint density at radius 3 is 2.82 bits per heavy atom. The number of anilines is 1. The van der Waals surface area contributed by atoms with Crippen LogP contribution in [-0.4, -0.2) is 21.6 Å². The molecule has 17 heavy (non-hydrogen) atoms. The fourth-order valence-electron chi connectivity index (χ4n) is 1.86. The lowest BCUT2D eigenvalue weighted by Gasteiger charge is -2.10. The molecule has 0 aliphatic heterocycles. The van der Waals surface area contributed by atoms with Crippen molar-refractivity contribution in [2.24, 2.45) is 0 Å². The first-order chi connectivity index (χ1) is 8.20. The van der Waals surface area contributed by atoms with Gasteiger partial charge in [-0.2, -0.15) is 0 Å². The van der Waals surface area contributed by atoms with E-state index in [9.17, 15) is 0 Å². The van der Waals surface area contributed by atoms with Crippen LogP contribution < -0.4 is 5.32 Å². The van der Waals surface area contributed by atoms with Crippen LogP contribution in [-0.2, 0) is 6.54 Å². The van der Waals surface area contributed by atoms with Gasteiger partial charge in [-0.25, -0.2) is 9.97 Å². The Morgan fingerprint density at radius 1 is 1.29 bits per heavy atom. The highest BCUT2D eigenvalue weighted by Gasteiger charge is 2.07. The molecule has 0 aromatic carbocycles. The van der Waals surface area contributed by atoms with Crippen LogP contribution in [0.25, 0.3) is 0 Å². The number of nitrogens with zero attached hydrogens (tertiary/aromatic N) is 3. The highest BCUT2D eigenvalue weighted by Crippen LogP contribution is 2.14. The van der Waals surface area contributed by atoms with Crippen LogP contribution in [0.2, 0.25) is 0 Å². The Labute approximate surface area is 102 Å². The van der Waals surface area contributed by atoms with Crippen LogP contribution >= 0.6 is 0 Å². The maximum Gasteiger partial charge on any atom is 0.125 e. The molecule has 1 N–H and O–H groups in total. The highest BCUT2D eigenvalue weighted by atomic mass is 15.1. The number of pyridine rings is 1. The molecule has 0 saturated heterocycles. The Balaban J connectivity index is 2.22. The lowest BCUT2D eigenvalue weighted by atomic mass is 10.2. The van der Waals surface area contributed by atoms with Gasteiger partial charge < -0.3 is 9.88 Å². The van der Waals surface area contributed by atoms with Crippen molar-refractivity contribution in [3.63, 3.8) is 0 Å². The molecule has 0 spiro atoms. The van der Waals surface area contributed by atoms with Gasteiger partial charge in [-0.1, -0.05) is 13.8 Å². The molecule has 0 aliphatic rings. The van der Waals surface area contributed by atoms with Gasteiger partial charge in [0.25, 0.3) is 0 Å². The third kappa shape index (κ3) is 2.64. The summed E-state index contributed by atoms with van der Waals surface area (Å²) in [5.74, 6) is 2.46. The molecule has 0 atom stereocenters. The molecule has 0 fully saturated rings. The smallest absolute Gasteiger partial charge is 0.125 e. The minimum atomic E-state index is 0.440. The summed E-state index contributed by atoms with van der Waals surface area (Å²) in [6, 6.07) is 4.09. The van der Waals surface area contributed by atoms with E-state index in [2.05, 4.69) is 39.8 Å². The molecule has 2 aromatic heterocycles. The van der Waals surface area contributed by atoms with Gasteiger partial charge in [0, 0.05) is 38.1 Å². The SMILES string of the molecule is CNc1cc(Cn2ccnc2C(C)C)ccn1. The van der Waals surface area contributed by atoms with Gasteiger partial charge in [0.05, 0.1) is 0 Å². The molecule has 4 nitrogen and oxygen atoms in total. The van der Waals surface area contributed by atoms with E-state index in [0.29, 0.717) is 5.92 Å². The highest BCUT2D eigenvalue weighted by molar-refractivity contribution is 5.36. The molecule has 90 valence electrons. The zero-order valence-electron chi connectivity index (χ0n) is 10.5. The Bertz CT molecular complexity index is 488. The van der Waals surface area contributed by atoms with Crippen molar-refractivity contribution in [3.05, 3.63) is 42.1 Å². The van der Waals surface area contributed by atoms with Crippen LogP contribution in [0.1, 0.15) is 31.2 Å². The fourth-order valence-corrected chi connectivity index (χ4v) is 1.86. The van der Waals surface area contributed by atoms with E-state index in [4.69, 9.17) is 0 Å². The summed E-state index contributed by atoms with van der Waals surface area (Å²) in [7, 11) is 1.88. The summed E-state index contributed by atoms with van der Waals surface area (Å²) in [6.45, 7) is 5.15. The van der Waals surface area contributed by atoms with Crippen molar-refractivity contribution in [2.75, 3.05) is 12.4 Å². The van der Waals surface area contributed by atoms with E-state index in [1.165, 1.54) is 5.56 Å². The monoisotopic (exact) mass is 230 g/mol. The van der Waals surface area contributed by atoms with E-state index < -0.39 is 0 Å². The van der Waals surface area contributed by atoms with Gasteiger partial charge in [0.1, 0.15) is 11.6 Å². The summed E-state index contributed by atoms with van der Waals surface area (Å²) in [5, 5.41) is 3.05. The number of rotatable bonds is 4. The predicted octanol–water partition coefficient (Wildman–Crippen LogP) is 2.49. The normalized spacial score (nSPS) is 10.8. The molecule has 0 unspecified atom stereocenters. The number of hydrogen-bond donors (Lipinski definition) is 1. The van der Waals surface area contributed by atoms with Gasteiger partial charge >= 0.3 is 0 Å². The van der Waals surface area contributed by atoms with Crippen molar-refractivity contribution >= 4 is 5.82 Å². The zero-order valence-corrected chi connectivity index (χ0v) is 10.5. The maximum atomic E-state index is 4.39. The average Bonchev–Trinajstić information content (AvgIpc) is 2.77. The molecule has 2 aromatic rings. The second-order valence-corrected chi connectivity index (χ2v) is 4.37. The van der Waals surface area contributed by atoms with E-state index >= 15 is 0 Å². The third-order valence-electron chi connectivity index (χ3n) is 2.70. The van der Waals surface area contributed by atoms with Crippen LogP contribution in [0, 0.1) is 0 Å². The van der Waals surface area contributed by atoms with Crippen molar-refractivity contribution in [3.8, 4) is 0 Å². The van der Waals surface area contributed by atoms with Crippen molar-refractivity contribution in [1.82, 2.24) is 14.5 Å². The zero-order chi connectivity index (χ0) is 12.3. The van der Waals surface area contributed by atoms with Gasteiger partial charge in [-0.15, -0.1) is 0 Å². The Kier molecular flexibility index (Phi) is 3.42. The van der Waals surface area contributed by atoms with Crippen LogP contribution in [0.15, 0.2) is 30.7 Å². The summed E-state index contributed by atoms with van der Waals surface area (Å²) in [5.41, 5.74) is 1.23. The molecular weight excluding hydrogens is 212 g/mol. The average molecular weight is 230 g/mol. The first-order valence-corrected chi connectivity index (χ1v) is 5.84. The van der Waals surface area contributed by atoms with Gasteiger partial charge in [0.2, 0.25) is 0 Å². The molecule has 0 bridgehead atoms. The van der Waals surface area contributed by atoms with Gasteiger partial charge in [0.15, 0.2) is 0 Å². The largest absolute Gasteiger partial charge is 0.373 e. The molecule has 0 saturated carbocycles. The third-order valence-corrected chi connectivity index (χ3v) is 2.70. The quantitative estimate of drug-likeness (QED) is 0.877. The first kappa shape index (κ1) is 11.6. The molecule has 0 amide bonds. The number of aromatic nitrogens is 3. The number of imidazole rings is 1. The molecule has 4 heteroatoms. The molecule has 2 heterocycles. The summed E-state index contributed by atoms with van der Waals surface area (Å²) >= 11 is 0. The van der Waals surface area contributed by atoms with Crippen LogP contribution in [0.4, 0.5) is 5.82 Å². The summed E-state index contributed by atoms with van der Waals surface area (Å²) in [6.07, 6.45) is 5.71. The summed E-state index contributed by atoms with van der Waals surface area (Å²) < 4.78 is 2.18. The summed E-state index contributed by atoms with van der Waals surface area (Å²) in [4.78, 5) is 8.59. The topological polar surface area (TPSA) is 42.7 Å². The second kappa shape index (κ2) is 4.99. The van der Waals surface area contributed by atoms with Gasteiger partial charge in [-0.3, -0.25) is 0 Å². The number of nitrogens with one attached hydrogen (secondary N) is 1. The minimum Gasteiger partial charge on any atom is -0.373 e. The van der Waals surface area contributed by atoms with Crippen LogP contribution in [0.3, 0.4) is 0 Å². The van der Waals surface area contributed by atoms with E-state index in [1.807, 2.05) is 31.7 Å².